The maximum Gasteiger partial charge on any atom is 0.150 e. The standard InChI is InChI=1S/C10H13NO/c1-10(2,11)9-6-4-3-5-8(9)7-12/h3-7H,11H2,1-2H3. The molecule has 12 heavy (non-hydrogen) atoms. The van der Waals surface area contributed by atoms with Crippen LogP contribution in [0.3, 0.4) is 0 Å². The maximum atomic E-state index is 10.6. The second kappa shape index (κ2) is 3.07. The van der Waals surface area contributed by atoms with Gasteiger partial charge >= 0.3 is 0 Å². The molecule has 2 N–H and O–H groups in total. The van der Waals surface area contributed by atoms with E-state index < -0.39 is 5.54 Å². The molecule has 0 spiro atoms. The molecule has 0 atom stereocenters. The molecule has 0 aliphatic heterocycles. The summed E-state index contributed by atoms with van der Waals surface area (Å²) < 4.78 is 0. The van der Waals surface area contributed by atoms with E-state index in [9.17, 15) is 4.79 Å². The molecule has 0 amide bonds. The van der Waals surface area contributed by atoms with Crippen molar-refractivity contribution in [2.45, 2.75) is 19.4 Å². The van der Waals surface area contributed by atoms with E-state index in [2.05, 4.69) is 0 Å². The minimum Gasteiger partial charge on any atom is -0.322 e. The number of hydrogen-bond acceptors (Lipinski definition) is 2. The van der Waals surface area contributed by atoms with Crippen molar-refractivity contribution in [1.82, 2.24) is 0 Å². The number of carbonyl (C=O) groups excluding carboxylic acids is 1. The average molecular weight is 163 g/mol. The summed E-state index contributed by atoms with van der Waals surface area (Å²) in [6.07, 6.45) is 0.837. The minimum atomic E-state index is -0.447. The van der Waals surface area contributed by atoms with Crippen LogP contribution in [-0.2, 0) is 5.54 Å². The van der Waals surface area contributed by atoms with E-state index in [0.29, 0.717) is 5.56 Å². The van der Waals surface area contributed by atoms with Crippen LogP contribution in [0, 0.1) is 0 Å². The largest absolute Gasteiger partial charge is 0.322 e. The van der Waals surface area contributed by atoms with E-state index in [1.54, 1.807) is 6.07 Å². The van der Waals surface area contributed by atoms with Gasteiger partial charge in [0.1, 0.15) is 6.29 Å². The Hall–Kier alpha value is -1.15. The van der Waals surface area contributed by atoms with Crippen LogP contribution in [0.5, 0.6) is 0 Å². The molecular weight excluding hydrogens is 150 g/mol. The fourth-order valence-corrected chi connectivity index (χ4v) is 1.19. The summed E-state index contributed by atoms with van der Waals surface area (Å²) in [6.45, 7) is 3.77. The normalized spacial score (nSPS) is 11.2. The fourth-order valence-electron chi connectivity index (χ4n) is 1.19. The lowest BCUT2D eigenvalue weighted by Crippen LogP contribution is -2.29. The fraction of sp³-hybridized carbons (Fsp3) is 0.300. The van der Waals surface area contributed by atoms with Gasteiger partial charge in [0.15, 0.2) is 0 Å². The Labute approximate surface area is 72.4 Å². The summed E-state index contributed by atoms with van der Waals surface area (Å²) in [6, 6.07) is 7.37. The lowest BCUT2D eigenvalue weighted by Gasteiger charge is -2.20. The molecule has 0 radical (unpaired) electrons. The predicted molar refractivity (Wildman–Crippen MR) is 49.0 cm³/mol. The van der Waals surface area contributed by atoms with Crippen molar-refractivity contribution in [3.8, 4) is 0 Å². The van der Waals surface area contributed by atoms with Gasteiger partial charge in [0, 0.05) is 11.1 Å². The van der Waals surface area contributed by atoms with E-state index in [4.69, 9.17) is 5.73 Å². The topological polar surface area (TPSA) is 43.1 Å². The minimum absolute atomic E-state index is 0.447. The Morgan fingerprint density at radius 2 is 1.92 bits per heavy atom. The molecule has 2 nitrogen and oxygen atoms in total. The van der Waals surface area contributed by atoms with Gasteiger partial charge in [-0.05, 0) is 19.4 Å². The van der Waals surface area contributed by atoms with E-state index in [0.717, 1.165) is 11.8 Å². The molecule has 1 rings (SSSR count). The summed E-state index contributed by atoms with van der Waals surface area (Å²) in [7, 11) is 0. The molecular formula is C10H13NO. The first kappa shape index (κ1) is 8.94. The van der Waals surface area contributed by atoms with Gasteiger partial charge in [0.2, 0.25) is 0 Å². The van der Waals surface area contributed by atoms with Gasteiger partial charge < -0.3 is 5.73 Å². The summed E-state index contributed by atoms with van der Waals surface area (Å²) in [5.74, 6) is 0. The van der Waals surface area contributed by atoms with Crippen molar-refractivity contribution >= 4 is 6.29 Å². The quantitative estimate of drug-likeness (QED) is 0.674. The predicted octanol–water partition coefficient (Wildman–Crippen LogP) is 1.69. The molecule has 2 heteroatoms. The second-order valence-corrected chi connectivity index (χ2v) is 3.43. The third kappa shape index (κ3) is 1.71. The molecule has 0 aromatic heterocycles. The van der Waals surface area contributed by atoms with Gasteiger partial charge in [0.25, 0.3) is 0 Å². The molecule has 0 fully saturated rings. The van der Waals surface area contributed by atoms with Crippen molar-refractivity contribution < 1.29 is 4.79 Å². The number of carbonyl (C=O) groups is 1. The van der Waals surface area contributed by atoms with E-state index in [-0.39, 0.29) is 0 Å². The van der Waals surface area contributed by atoms with E-state index >= 15 is 0 Å². The number of benzene rings is 1. The number of rotatable bonds is 2. The lowest BCUT2D eigenvalue weighted by molar-refractivity contribution is 0.112. The Morgan fingerprint density at radius 1 is 1.33 bits per heavy atom. The van der Waals surface area contributed by atoms with Gasteiger partial charge in [-0.2, -0.15) is 0 Å². The van der Waals surface area contributed by atoms with Crippen molar-refractivity contribution in [3.63, 3.8) is 0 Å². The second-order valence-electron chi connectivity index (χ2n) is 3.43. The van der Waals surface area contributed by atoms with Crippen molar-refractivity contribution in [2.75, 3.05) is 0 Å². The molecule has 1 aromatic carbocycles. The van der Waals surface area contributed by atoms with Crippen LogP contribution in [0.25, 0.3) is 0 Å². The zero-order valence-electron chi connectivity index (χ0n) is 7.37. The molecule has 0 heterocycles. The Kier molecular flexibility index (Phi) is 2.29. The molecule has 0 aliphatic carbocycles. The van der Waals surface area contributed by atoms with Crippen LogP contribution in [0.4, 0.5) is 0 Å². The van der Waals surface area contributed by atoms with Gasteiger partial charge in [0.05, 0.1) is 0 Å². The van der Waals surface area contributed by atoms with E-state index in [1.165, 1.54) is 0 Å². The molecule has 64 valence electrons. The maximum absolute atomic E-state index is 10.6. The van der Waals surface area contributed by atoms with Crippen LogP contribution in [0.2, 0.25) is 0 Å². The highest BCUT2D eigenvalue weighted by Crippen LogP contribution is 2.19. The zero-order valence-corrected chi connectivity index (χ0v) is 7.37. The highest BCUT2D eigenvalue weighted by molar-refractivity contribution is 5.77. The Balaban J connectivity index is 3.23. The Morgan fingerprint density at radius 3 is 2.33 bits per heavy atom. The summed E-state index contributed by atoms with van der Waals surface area (Å²) in [5, 5.41) is 0. The van der Waals surface area contributed by atoms with Crippen LogP contribution in [0.1, 0.15) is 29.8 Å². The monoisotopic (exact) mass is 163 g/mol. The Bertz CT molecular complexity index is 286. The van der Waals surface area contributed by atoms with Crippen molar-refractivity contribution in [2.24, 2.45) is 5.73 Å². The SMILES string of the molecule is CC(C)(N)c1ccccc1C=O. The molecule has 0 bridgehead atoms. The van der Waals surface area contributed by atoms with Crippen molar-refractivity contribution in [3.05, 3.63) is 35.4 Å². The zero-order chi connectivity index (χ0) is 9.19. The highest BCUT2D eigenvalue weighted by atomic mass is 16.1. The third-order valence-corrected chi connectivity index (χ3v) is 1.78. The summed E-state index contributed by atoms with van der Waals surface area (Å²) in [5.41, 5.74) is 6.99. The first-order chi connectivity index (χ1) is 5.55. The number of aldehydes is 1. The van der Waals surface area contributed by atoms with Crippen LogP contribution < -0.4 is 5.73 Å². The highest BCUT2D eigenvalue weighted by Gasteiger charge is 2.16. The first-order valence-corrected chi connectivity index (χ1v) is 3.89. The molecule has 0 aliphatic rings. The van der Waals surface area contributed by atoms with Gasteiger partial charge in [-0.3, -0.25) is 4.79 Å². The van der Waals surface area contributed by atoms with Crippen LogP contribution >= 0.6 is 0 Å². The number of hydrogen-bond donors (Lipinski definition) is 1. The molecule has 0 saturated carbocycles. The first-order valence-electron chi connectivity index (χ1n) is 3.89. The summed E-state index contributed by atoms with van der Waals surface area (Å²) in [4.78, 5) is 10.6. The van der Waals surface area contributed by atoms with Gasteiger partial charge in [-0.15, -0.1) is 0 Å². The lowest BCUT2D eigenvalue weighted by atomic mass is 9.92. The number of nitrogens with two attached hydrogens (primary N) is 1. The van der Waals surface area contributed by atoms with Crippen LogP contribution in [-0.4, -0.2) is 6.29 Å². The average Bonchev–Trinajstić information content (AvgIpc) is 2.03. The van der Waals surface area contributed by atoms with Crippen LogP contribution in [0.15, 0.2) is 24.3 Å². The molecule has 0 unspecified atom stereocenters. The van der Waals surface area contributed by atoms with Gasteiger partial charge in [-0.25, -0.2) is 0 Å². The van der Waals surface area contributed by atoms with Crippen molar-refractivity contribution in [1.29, 1.82) is 0 Å². The smallest absolute Gasteiger partial charge is 0.150 e. The van der Waals surface area contributed by atoms with Gasteiger partial charge in [-0.1, -0.05) is 24.3 Å². The van der Waals surface area contributed by atoms with E-state index in [1.807, 2.05) is 32.0 Å². The summed E-state index contributed by atoms with van der Waals surface area (Å²) >= 11 is 0. The molecule has 1 aromatic rings. The third-order valence-electron chi connectivity index (χ3n) is 1.78. The molecule has 0 saturated heterocycles.